The van der Waals surface area contributed by atoms with Crippen LogP contribution in [0, 0.1) is 17.2 Å². The SMILES string of the molecule is CC[NH+](CC(=O)N[C@@](C)(C#N)C1CC1)Cc1ccc(N(C)C)cc1. The number of nitriles is 1. The van der Waals surface area contributed by atoms with E-state index in [0.29, 0.717) is 12.5 Å². The normalized spacial score (nSPS) is 17.5. The van der Waals surface area contributed by atoms with Crippen LogP contribution in [0.25, 0.3) is 0 Å². The first-order valence-corrected chi connectivity index (χ1v) is 8.70. The Balaban J connectivity index is 1.91. The molecule has 1 amide bonds. The maximum absolute atomic E-state index is 12.4. The molecule has 0 saturated heterocycles. The first-order valence-electron chi connectivity index (χ1n) is 8.70. The van der Waals surface area contributed by atoms with Gasteiger partial charge in [-0.1, -0.05) is 12.1 Å². The fourth-order valence-electron chi connectivity index (χ4n) is 2.96. The zero-order chi connectivity index (χ0) is 17.7. The summed E-state index contributed by atoms with van der Waals surface area (Å²) in [7, 11) is 4.05. The van der Waals surface area contributed by atoms with Gasteiger partial charge in [0.15, 0.2) is 6.54 Å². The highest BCUT2D eigenvalue weighted by Crippen LogP contribution is 2.39. The van der Waals surface area contributed by atoms with E-state index in [0.717, 1.165) is 25.9 Å². The van der Waals surface area contributed by atoms with Crippen LogP contribution in [0.4, 0.5) is 5.69 Å². The summed E-state index contributed by atoms with van der Waals surface area (Å²) in [5, 5.41) is 12.3. The molecule has 0 radical (unpaired) electrons. The van der Waals surface area contributed by atoms with Crippen molar-refractivity contribution >= 4 is 11.6 Å². The van der Waals surface area contributed by atoms with Gasteiger partial charge >= 0.3 is 0 Å². The third-order valence-corrected chi connectivity index (χ3v) is 4.84. The molecule has 24 heavy (non-hydrogen) atoms. The summed E-state index contributed by atoms with van der Waals surface area (Å²) in [6, 6.07) is 10.7. The summed E-state index contributed by atoms with van der Waals surface area (Å²) in [5.74, 6) is 0.280. The maximum Gasteiger partial charge on any atom is 0.276 e. The first kappa shape index (κ1) is 18.3. The average molecular weight is 329 g/mol. The highest BCUT2D eigenvalue weighted by Gasteiger charge is 2.43. The molecule has 5 nitrogen and oxygen atoms in total. The molecule has 0 heterocycles. The summed E-state index contributed by atoms with van der Waals surface area (Å²) in [5.41, 5.74) is 1.68. The van der Waals surface area contributed by atoms with E-state index in [2.05, 4.69) is 47.5 Å². The predicted octanol–water partition coefficient (Wildman–Crippen LogP) is 0.966. The van der Waals surface area contributed by atoms with Crippen LogP contribution in [0.5, 0.6) is 0 Å². The van der Waals surface area contributed by atoms with Gasteiger partial charge in [0.25, 0.3) is 5.91 Å². The molecule has 5 heteroatoms. The van der Waals surface area contributed by atoms with Crippen molar-refractivity contribution in [3.63, 3.8) is 0 Å². The van der Waals surface area contributed by atoms with Crippen LogP contribution >= 0.6 is 0 Å². The quantitative estimate of drug-likeness (QED) is 0.747. The monoisotopic (exact) mass is 329 g/mol. The Morgan fingerprint density at radius 3 is 2.46 bits per heavy atom. The fourth-order valence-corrected chi connectivity index (χ4v) is 2.96. The first-order chi connectivity index (χ1) is 11.4. The van der Waals surface area contributed by atoms with E-state index in [1.165, 1.54) is 16.2 Å². The van der Waals surface area contributed by atoms with Gasteiger partial charge < -0.3 is 15.1 Å². The van der Waals surface area contributed by atoms with Crippen LogP contribution in [0.1, 0.15) is 32.3 Å². The summed E-state index contributed by atoms with van der Waals surface area (Å²) in [6.45, 7) is 6.01. The summed E-state index contributed by atoms with van der Waals surface area (Å²) < 4.78 is 0. The number of hydrogen-bond acceptors (Lipinski definition) is 3. The summed E-state index contributed by atoms with van der Waals surface area (Å²) in [4.78, 5) is 15.6. The van der Waals surface area contributed by atoms with Gasteiger partial charge in [-0.05, 0) is 44.7 Å². The zero-order valence-electron chi connectivity index (χ0n) is 15.2. The smallest absolute Gasteiger partial charge is 0.276 e. The van der Waals surface area contributed by atoms with Gasteiger partial charge in [0.05, 0.1) is 12.6 Å². The molecule has 2 atom stereocenters. The van der Waals surface area contributed by atoms with E-state index in [9.17, 15) is 10.1 Å². The van der Waals surface area contributed by atoms with Gasteiger partial charge in [0, 0.05) is 25.3 Å². The molecule has 1 saturated carbocycles. The molecule has 2 N–H and O–H groups in total. The molecule has 130 valence electrons. The number of carbonyl (C=O) groups excluding carboxylic acids is 1. The van der Waals surface area contributed by atoms with Crippen molar-refractivity contribution in [2.24, 2.45) is 5.92 Å². The van der Waals surface area contributed by atoms with Crippen molar-refractivity contribution in [3.05, 3.63) is 29.8 Å². The second-order valence-electron chi connectivity index (χ2n) is 7.15. The Labute approximate surface area is 145 Å². The highest BCUT2D eigenvalue weighted by molar-refractivity contribution is 5.78. The number of likely N-dealkylation sites (N-methyl/N-ethyl adjacent to an activating group) is 1. The Hall–Kier alpha value is -2.06. The minimum atomic E-state index is -0.705. The molecule has 1 aliphatic rings. The molecule has 0 bridgehead atoms. The van der Waals surface area contributed by atoms with Gasteiger partial charge in [-0.15, -0.1) is 0 Å². The molecule has 1 aromatic rings. The predicted molar refractivity (Wildman–Crippen MR) is 95.7 cm³/mol. The zero-order valence-corrected chi connectivity index (χ0v) is 15.2. The lowest BCUT2D eigenvalue weighted by atomic mass is 9.98. The Morgan fingerprint density at radius 2 is 2.00 bits per heavy atom. The van der Waals surface area contributed by atoms with E-state index in [1.807, 2.05) is 21.0 Å². The van der Waals surface area contributed by atoms with Gasteiger partial charge in [-0.3, -0.25) is 4.79 Å². The average Bonchev–Trinajstić information content (AvgIpc) is 3.39. The minimum Gasteiger partial charge on any atom is -0.378 e. The number of benzene rings is 1. The minimum absolute atomic E-state index is 0.0345. The van der Waals surface area contributed by atoms with Crippen molar-refractivity contribution in [1.82, 2.24) is 5.32 Å². The molecule has 0 aliphatic heterocycles. The van der Waals surface area contributed by atoms with Crippen LogP contribution in [0.3, 0.4) is 0 Å². The van der Waals surface area contributed by atoms with Gasteiger partial charge in [0.2, 0.25) is 0 Å². The number of amides is 1. The lowest BCUT2D eigenvalue weighted by Crippen LogP contribution is -3.11. The molecule has 0 aromatic heterocycles. The van der Waals surface area contributed by atoms with Gasteiger partial charge in [-0.25, -0.2) is 0 Å². The number of nitrogens with one attached hydrogen (secondary N) is 2. The maximum atomic E-state index is 12.4. The highest BCUT2D eigenvalue weighted by atomic mass is 16.2. The van der Waals surface area contributed by atoms with Crippen molar-refractivity contribution < 1.29 is 9.69 Å². The number of nitrogens with zero attached hydrogens (tertiary/aromatic N) is 2. The summed E-state index contributed by atoms with van der Waals surface area (Å²) >= 11 is 0. The molecule has 1 aliphatic carbocycles. The molecule has 0 spiro atoms. The van der Waals surface area contributed by atoms with Crippen LogP contribution in [-0.2, 0) is 11.3 Å². The van der Waals surface area contributed by atoms with Gasteiger partial charge in [-0.2, -0.15) is 5.26 Å². The lowest BCUT2D eigenvalue weighted by molar-refractivity contribution is -0.904. The summed E-state index contributed by atoms with van der Waals surface area (Å²) in [6.07, 6.45) is 2.07. The van der Waals surface area contributed by atoms with E-state index in [4.69, 9.17) is 0 Å². The Bertz CT molecular complexity index is 601. The number of rotatable bonds is 8. The largest absolute Gasteiger partial charge is 0.378 e. The van der Waals surface area contributed by atoms with Crippen LogP contribution in [0.15, 0.2) is 24.3 Å². The van der Waals surface area contributed by atoms with Crippen molar-refractivity contribution in [2.45, 2.75) is 38.8 Å². The Kier molecular flexibility index (Phi) is 5.84. The molecular weight excluding hydrogens is 300 g/mol. The Morgan fingerprint density at radius 1 is 1.38 bits per heavy atom. The molecule has 2 rings (SSSR count). The van der Waals surface area contributed by atoms with E-state index in [-0.39, 0.29) is 5.91 Å². The fraction of sp³-hybridized carbons (Fsp3) is 0.579. The number of hydrogen-bond donors (Lipinski definition) is 2. The second kappa shape index (κ2) is 7.67. The van der Waals surface area contributed by atoms with E-state index in [1.54, 1.807) is 0 Å². The molecule has 1 unspecified atom stereocenters. The van der Waals surface area contributed by atoms with Crippen molar-refractivity contribution in [2.75, 3.05) is 32.1 Å². The third kappa shape index (κ3) is 4.72. The van der Waals surface area contributed by atoms with E-state index >= 15 is 0 Å². The standard InChI is InChI=1S/C19H28N4O/c1-5-23(12-15-6-10-17(11-7-15)22(3)4)13-18(24)21-19(2,14-20)16-8-9-16/h6-7,10-11,16H,5,8-9,12-13H2,1-4H3,(H,21,24)/p+1/t19-/m0/s1. The number of anilines is 1. The molecule has 1 aromatic carbocycles. The third-order valence-electron chi connectivity index (χ3n) is 4.84. The van der Waals surface area contributed by atoms with Crippen molar-refractivity contribution in [3.8, 4) is 6.07 Å². The van der Waals surface area contributed by atoms with Crippen LogP contribution in [-0.4, -0.2) is 38.6 Å². The second-order valence-corrected chi connectivity index (χ2v) is 7.15. The van der Waals surface area contributed by atoms with Crippen LogP contribution < -0.4 is 15.1 Å². The number of carbonyl (C=O) groups is 1. The lowest BCUT2D eigenvalue weighted by Gasteiger charge is -2.24. The molecular formula is C19H29N4O+. The van der Waals surface area contributed by atoms with Gasteiger partial charge in [0.1, 0.15) is 12.1 Å². The number of quaternary nitrogens is 1. The van der Waals surface area contributed by atoms with E-state index < -0.39 is 5.54 Å². The topological polar surface area (TPSA) is 60.6 Å². The van der Waals surface area contributed by atoms with Crippen LogP contribution in [0.2, 0.25) is 0 Å². The molecule has 1 fully saturated rings. The van der Waals surface area contributed by atoms with Crippen molar-refractivity contribution in [1.29, 1.82) is 5.26 Å².